The van der Waals surface area contributed by atoms with Gasteiger partial charge in [0, 0.05) is 13.1 Å². The van der Waals surface area contributed by atoms with E-state index < -0.39 is 5.97 Å². The smallest absolute Gasteiger partial charge is 0.344 e. The Morgan fingerprint density at radius 2 is 1.97 bits per heavy atom. The molecule has 0 unspecified atom stereocenters. The number of benzene rings is 1. The van der Waals surface area contributed by atoms with Crippen molar-refractivity contribution < 1.29 is 23.8 Å². The Morgan fingerprint density at radius 1 is 1.23 bits per heavy atom. The molecule has 1 amide bonds. The molecule has 0 aromatic heterocycles. The SMILES string of the molecule is CCOC(=O)COc1ccc(/C=C2\C(=O)N(C3CCCCC3)C(=S)N2C)cc1OC. The summed E-state index contributed by atoms with van der Waals surface area (Å²) in [6.07, 6.45) is 7.26. The minimum absolute atomic E-state index is 0.0593. The Balaban J connectivity index is 1.79. The number of nitrogens with zero attached hydrogens (tertiary/aromatic N) is 2. The second-order valence-electron chi connectivity index (χ2n) is 7.34. The maximum absolute atomic E-state index is 13.1. The van der Waals surface area contributed by atoms with E-state index in [1.165, 1.54) is 13.5 Å². The molecule has 1 aliphatic carbocycles. The highest BCUT2D eigenvalue weighted by Crippen LogP contribution is 2.33. The van der Waals surface area contributed by atoms with Crippen LogP contribution >= 0.6 is 12.2 Å². The van der Waals surface area contributed by atoms with Crippen molar-refractivity contribution in [3.05, 3.63) is 29.5 Å². The molecule has 0 bridgehead atoms. The van der Waals surface area contributed by atoms with E-state index in [4.69, 9.17) is 26.4 Å². The summed E-state index contributed by atoms with van der Waals surface area (Å²) in [5.74, 6) is 0.392. The summed E-state index contributed by atoms with van der Waals surface area (Å²) >= 11 is 5.57. The van der Waals surface area contributed by atoms with E-state index in [2.05, 4.69) is 0 Å². The van der Waals surface area contributed by atoms with Crippen molar-refractivity contribution in [2.75, 3.05) is 27.4 Å². The van der Waals surface area contributed by atoms with Gasteiger partial charge in [0.25, 0.3) is 5.91 Å². The first-order valence-electron chi connectivity index (χ1n) is 10.3. The van der Waals surface area contributed by atoms with Crippen LogP contribution in [0.15, 0.2) is 23.9 Å². The van der Waals surface area contributed by atoms with E-state index in [1.54, 1.807) is 34.9 Å². The van der Waals surface area contributed by atoms with Crippen LogP contribution in [-0.4, -0.2) is 60.2 Å². The van der Waals surface area contributed by atoms with E-state index in [0.29, 0.717) is 28.9 Å². The summed E-state index contributed by atoms with van der Waals surface area (Å²) in [5, 5.41) is 0.555. The van der Waals surface area contributed by atoms with Gasteiger partial charge in [0.05, 0.1) is 13.7 Å². The molecule has 1 saturated heterocycles. The minimum Gasteiger partial charge on any atom is -0.493 e. The molecule has 0 atom stereocenters. The average Bonchev–Trinajstić information content (AvgIpc) is 2.96. The predicted molar refractivity (Wildman–Crippen MR) is 117 cm³/mol. The number of carbonyl (C=O) groups excluding carboxylic acids is 2. The summed E-state index contributed by atoms with van der Waals surface area (Å²) < 4.78 is 15.8. The molecule has 8 heteroatoms. The summed E-state index contributed by atoms with van der Waals surface area (Å²) in [5.41, 5.74) is 1.31. The molecule has 2 aliphatic rings. The molecule has 1 saturated carbocycles. The van der Waals surface area contributed by atoms with Gasteiger partial charge in [0.2, 0.25) is 0 Å². The third-order valence-electron chi connectivity index (χ3n) is 5.37. The fraction of sp³-hybridized carbons (Fsp3) is 0.500. The van der Waals surface area contributed by atoms with Gasteiger partial charge in [-0.3, -0.25) is 9.69 Å². The average molecular weight is 433 g/mol. The Labute approximate surface area is 182 Å². The van der Waals surface area contributed by atoms with Crippen molar-refractivity contribution in [2.45, 2.75) is 45.1 Å². The zero-order valence-electron chi connectivity index (χ0n) is 17.7. The van der Waals surface area contributed by atoms with Crippen molar-refractivity contribution in [2.24, 2.45) is 0 Å². The van der Waals surface area contributed by atoms with Gasteiger partial charge in [0.15, 0.2) is 23.2 Å². The van der Waals surface area contributed by atoms with Crippen LogP contribution in [0.5, 0.6) is 11.5 Å². The monoisotopic (exact) mass is 432 g/mol. The number of carbonyl (C=O) groups is 2. The highest BCUT2D eigenvalue weighted by Gasteiger charge is 2.40. The van der Waals surface area contributed by atoms with Crippen molar-refractivity contribution >= 4 is 35.3 Å². The number of esters is 1. The summed E-state index contributed by atoms with van der Waals surface area (Å²) in [6, 6.07) is 5.46. The topological polar surface area (TPSA) is 68.3 Å². The molecule has 0 spiro atoms. The van der Waals surface area contributed by atoms with Gasteiger partial charge in [-0.05, 0) is 55.8 Å². The third-order valence-corrected chi connectivity index (χ3v) is 5.84. The molecule has 3 rings (SSSR count). The van der Waals surface area contributed by atoms with Crippen LogP contribution in [0.2, 0.25) is 0 Å². The Hall–Kier alpha value is -2.61. The number of likely N-dealkylation sites (N-methyl/N-ethyl adjacent to an activating group) is 1. The molecule has 0 radical (unpaired) electrons. The maximum atomic E-state index is 13.1. The first-order valence-corrected chi connectivity index (χ1v) is 10.7. The standard InChI is InChI=1S/C22H28N2O5S/c1-4-28-20(25)14-29-18-11-10-15(13-19(18)27-3)12-17-21(26)24(22(30)23(17)2)16-8-6-5-7-9-16/h10-13,16H,4-9,14H2,1-3H3/b17-12+. The van der Waals surface area contributed by atoms with Crippen LogP contribution in [0.25, 0.3) is 6.08 Å². The fourth-order valence-corrected chi connectivity index (χ4v) is 4.16. The van der Waals surface area contributed by atoms with E-state index in [1.807, 2.05) is 13.1 Å². The fourth-order valence-electron chi connectivity index (χ4n) is 3.83. The third kappa shape index (κ3) is 4.75. The largest absolute Gasteiger partial charge is 0.493 e. The molecule has 162 valence electrons. The molecule has 0 N–H and O–H groups in total. The van der Waals surface area contributed by atoms with E-state index >= 15 is 0 Å². The quantitative estimate of drug-likeness (QED) is 0.372. The Kier molecular flexibility index (Phi) is 7.31. The lowest BCUT2D eigenvalue weighted by atomic mass is 9.94. The van der Waals surface area contributed by atoms with Gasteiger partial charge in [-0.25, -0.2) is 4.79 Å². The second kappa shape index (κ2) is 9.93. The highest BCUT2D eigenvalue weighted by molar-refractivity contribution is 7.80. The summed E-state index contributed by atoms with van der Waals surface area (Å²) in [6.45, 7) is 1.84. The van der Waals surface area contributed by atoms with Crippen molar-refractivity contribution in [1.82, 2.24) is 9.80 Å². The van der Waals surface area contributed by atoms with Crippen LogP contribution in [0.4, 0.5) is 0 Å². The lowest BCUT2D eigenvalue weighted by molar-refractivity contribution is -0.145. The van der Waals surface area contributed by atoms with Gasteiger partial charge < -0.3 is 19.1 Å². The molecule has 1 heterocycles. The van der Waals surface area contributed by atoms with Crippen molar-refractivity contribution in [3.8, 4) is 11.5 Å². The van der Waals surface area contributed by atoms with Crippen LogP contribution in [-0.2, 0) is 14.3 Å². The number of hydrogen-bond donors (Lipinski definition) is 0. The van der Waals surface area contributed by atoms with Gasteiger partial charge in [-0.2, -0.15) is 0 Å². The highest BCUT2D eigenvalue weighted by atomic mass is 32.1. The predicted octanol–water partition coefficient (Wildman–Crippen LogP) is 3.37. The lowest BCUT2D eigenvalue weighted by Crippen LogP contribution is -2.41. The molecule has 7 nitrogen and oxygen atoms in total. The Bertz CT molecular complexity index is 848. The molecular formula is C22H28N2O5S. The second-order valence-corrected chi connectivity index (χ2v) is 7.71. The van der Waals surface area contributed by atoms with Crippen molar-refractivity contribution in [1.29, 1.82) is 0 Å². The molecule has 1 aromatic rings. The normalized spacial score (nSPS) is 18.8. The number of rotatable bonds is 7. The number of amides is 1. The van der Waals surface area contributed by atoms with Gasteiger partial charge in [-0.1, -0.05) is 25.3 Å². The van der Waals surface area contributed by atoms with Gasteiger partial charge in [0.1, 0.15) is 5.70 Å². The lowest BCUT2D eigenvalue weighted by Gasteiger charge is -2.30. The van der Waals surface area contributed by atoms with Crippen LogP contribution in [0.3, 0.4) is 0 Å². The van der Waals surface area contributed by atoms with E-state index in [9.17, 15) is 9.59 Å². The van der Waals surface area contributed by atoms with Gasteiger partial charge in [-0.15, -0.1) is 0 Å². The number of methoxy groups -OCH3 is 1. The zero-order valence-corrected chi connectivity index (χ0v) is 18.5. The molecule has 30 heavy (non-hydrogen) atoms. The summed E-state index contributed by atoms with van der Waals surface area (Å²) in [7, 11) is 3.35. The van der Waals surface area contributed by atoms with E-state index in [0.717, 1.165) is 31.2 Å². The van der Waals surface area contributed by atoms with Crippen molar-refractivity contribution in [3.63, 3.8) is 0 Å². The summed E-state index contributed by atoms with van der Waals surface area (Å²) in [4.78, 5) is 28.2. The number of ether oxygens (including phenoxy) is 3. The van der Waals surface area contributed by atoms with E-state index in [-0.39, 0.29) is 18.6 Å². The number of thiocarbonyl (C=S) groups is 1. The van der Waals surface area contributed by atoms with Crippen LogP contribution in [0.1, 0.15) is 44.6 Å². The first-order chi connectivity index (χ1) is 14.5. The zero-order chi connectivity index (χ0) is 21.7. The van der Waals surface area contributed by atoms with Gasteiger partial charge >= 0.3 is 5.97 Å². The van der Waals surface area contributed by atoms with Crippen LogP contribution < -0.4 is 9.47 Å². The minimum atomic E-state index is -0.444. The maximum Gasteiger partial charge on any atom is 0.344 e. The number of hydrogen-bond acceptors (Lipinski definition) is 6. The molecule has 2 fully saturated rings. The first kappa shape index (κ1) is 22.1. The van der Waals surface area contributed by atoms with Crippen LogP contribution in [0, 0.1) is 0 Å². The molecule has 1 aliphatic heterocycles. The Morgan fingerprint density at radius 3 is 2.63 bits per heavy atom. The molecule has 1 aromatic carbocycles. The molecular weight excluding hydrogens is 404 g/mol.